The van der Waals surface area contributed by atoms with Gasteiger partial charge in [-0.25, -0.2) is 4.39 Å². The number of amides is 1. The van der Waals surface area contributed by atoms with Crippen molar-refractivity contribution in [2.75, 3.05) is 23.3 Å². The Morgan fingerprint density at radius 1 is 1.17 bits per heavy atom. The van der Waals surface area contributed by atoms with Crippen LogP contribution in [0.1, 0.15) is 28.8 Å². The molecule has 23 heavy (non-hydrogen) atoms. The lowest BCUT2D eigenvalue weighted by Crippen LogP contribution is -2.19. The molecule has 0 spiro atoms. The molecule has 1 aliphatic rings. The molecule has 0 radical (unpaired) electrons. The summed E-state index contributed by atoms with van der Waals surface area (Å²) in [4.78, 5) is 14.2. The number of hydrogen-bond donors (Lipinski definition) is 2. The van der Waals surface area contributed by atoms with Crippen LogP contribution in [-0.2, 0) is 6.61 Å². The second-order valence-corrected chi connectivity index (χ2v) is 5.67. The van der Waals surface area contributed by atoms with Gasteiger partial charge < -0.3 is 15.3 Å². The lowest BCUT2D eigenvalue weighted by atomic mass is 10.1. The molecular weight excluding hydrogens is 295 g/mol. The molecule has 120 valence electrons. The average molecular weight is 314 g/mol. The number of hydrogen-bond acceptors (Lipinski definition) is 3. The number of benzene rings is 2. The lowest BCUT2D eigenvalue weighted by Gasteiger charge is -2.18. The molecule has 1 amide bonds. The summed E-state index contributed by atoms with van der Waals surface area (Å²) in [6, 6.07) is 11.5. The molecule has 1 fully saturated rings. The Morgan fingerprint density at radius 3 is 2.65 bits per heavy atom. The monoisotopic (exact) mass is 314 g/mol. The molecule has 2 aromatic rings. The Morgan fingerprint density at radius 2 is 1.96 bits per heavy atom. The largest absolute Gasteiger partial charge is 0.392 e. The Kier molecular flexibility index (Phi) is 4.57. The van der Waals surface area contributed by atoms with E-state index in [9.17, 15) is 9.18 Å². The third-order valence-electron chi connectivity index (χ3n) is 4.02. The molecule has 0 saturated carbocycles. The molecule has 0 unspecified atom stereocenters. The van der Waals surface area contributed by atoms with Crippen molar-refractivity contribution < 1.29 is 14.3 Å². The summed E-state index contributed by atoms with van der Waals surface area (Å²) in [6.45, 7) is 1.62. The molecule has 0 atom stereocenters. The van der Waals surface area contributed by atoms with Crippen LogP contribution in [0.5, 0.6) is 0 Å². The van der Waals surface area contributed by atoms with Gasteiger partial charge in [-0.15, -0.1) is 0 Å². The maximum absolute atomic E-state index is 14.3. The van der Waals surface area contributed by atoms with Crippen molar-refractivity contribution in [3.05, 3.63) is 59.4 Å². The van der Waals surface area contributed by atoms with E-state index in [1.54, 1.807) is 36.4 Å². The number of halogens is 1. The van der Waals surface area contributed by atoms with Crippen molar-refractivity contribution >= 4 is 17.3 Å². The topological polar surface area (TPSA) is 52.6 Å². The molecule has 0 aromatic heterocycles. The number of anilines is 2. The van der Waals surface area contributed by atoms with Gasteiger partial charge in [0.1, 0.15) is 5.82 Å². The molecule has 2 aromatic carbocycles. The van der Waals surface area contributed by atoms with Crippen molar-refractivity contribution in [2.24, 2.45) is 0 Å². The van der Waals surface area contributed by atoms with Crippen molar-refractivity contribution in [1.82, 2.24) is 0 Å². The summed E-state index contributed by atoms with van der Waals surface area (Å²) in [5.74, 6) is -0.740. The predicted octanol–water partition coefficient (Wildman–Crippen LogP) is 3.17. The summed E-state index contributed by atoms with van der Waals surface area (Å²) >= 11 is 0. The quantitative estimate of drug-likeness (QED) is 0.911. The number of aliphatic hydroxyl groups excluding tert-OH is 1. The number of carbonyl (C=O) groups is 1. The molecule has 5 heteroatoms. The smallest absolute Gasteiger partial charge is 0.255 e. The fourth-order valence-corrected chi connectivity index (χ4v) is 2.81. The van der Waals surface area contributed by atoms with Crippen LogP contribution >= 0.6 is 0 Å². The molecule has 4 nitrogen and oxygen atoms in total. The van der Waals surface area contributed by atoms with Gasteiger partial charge in [-0.05, 0) is 48.7 Å². The number of carbonyl (C=O) groups excluding carboxylic acids is 1. The standard InChI is InChI=1S/C18H19FN2O2/c19-16-11-14(6-7-17(16)21-8-1-2-9-21)18(23)20-15-5-3-4-13(10-15)12-22/h3-7,10-11,22H,1-2,8-9,12H2,(H,20,23). The maximum Gasteiger partial charge on any atom is 0.255 e. The van der Waals surface area contributed by atoms with Crippen LogP contribution < -0.4 is 10.2 Å². The van der Waals surface area contributed by atoms with Crippen molar-refractivity contribution in [1.29, 1.82) is 0 Å². The molecule has 0 bridgehead atoms. The van der Waals surface area contributed by atoms with Gasteiger partial charge >= 0.3 is 0 Å². The minimum Gasteiger partial charge on any atom is -0.392 e. The molecule has 1 heterocycles. The van der Waals surface area contributed by atoms with Gasteiger partial charge in [-0.1, -0.05) is 12.1 Å². The Hall–Kier alpha value is -2.40. The van der Waals surface area contributed by atoms with Gasteiger partial charge in [0, 0.05) is 24.3 Å². The molecule has 0 aliphatic carbocycles. The molecule has 3 rings (SSSR count). The summed E-state index contributed by atoms with van der Waals surface area (Å²) in [6.07, 6.45) is 2.14. The van der Waals surface area contributed by atoms with Crippen LogP contribution in [-0.4, -0.2) is 24.1 Å². The number of nitrogens with zero attached hydrogens (tertiary/aromatic N) is 1. The number of rotatable bonds is 4. The van der Waals surface area contributed by atoms with E-state index in [0.29, 0.717) is 16.9 Å². The second-order valence-electron chi connectivity index (χ2n) is 5.67. The Labute approximate surface area is 134 Å². The Balaban J connectivity index is 1.75. The highest BCUT2D eigenvalue weighted by molar-refractivity contribution is 6.04. The molecule has 1 aliphatic heterocycles. The first-order valence-corrected chi connectivity index (χ1v) is 7.73. The fraction of sp³-hybridized carbons (Fsp3) is 0.278. The zero-order chi connectivity index (χ0) is 16.2. The van der Waals surface area contributed by atoms with Crippen molar-refractivity contribution in [2.45, 2.75) is 19.4 Å². The minimum absolute atomic E-state index is 0.0944. The van der Waals surface area contributed by atoms with Crippen LogP contribution in [0.3, 0.4) is 0 Å². The zero-order valence-corrected chi connectivity index (χ0v) is 12.8. The van der Waals surface area contributed by atoms with Crippen molar-refractivity contribution in [3.63, 3.8) is 0 Å². The fourth-order valence-electron chi connectivity index (χ4n) is 2.81. The lowest BCUT2D eigenvalue weighted by molar-refractivity contribution is 0.102. The van der Waals surface area contributed by atoms with E-state index in [-0.39, 0.29) is 23.9 Å². The molecule has 1 saturated heterocycles. The predicted molar refractivity (Wildman–Crippen MR) is 88.2 cm³/mol. The van der Waals surface area contributed by atoms with E-state index in [0.717, 1.165) is 25.9 Å². The second kappa shape index (κ2) is 6.79. The van der Waals surface area contributed by atoms with E-state index in [4.69, 9.17) is 5.11 Å². The number of aliphatic hydroxyl groups is 1. The van der Waals surface area contributed by atoms with Gasteiger partial charge in [0.2, 0.25) is 0 Å². The summed E-state index contributed by atoms with van der Waals surface area (Å²) in [7, 11) is 0. The Bertz CT molecular complexity index is 712. The van der Waals surface area contributed by atoms with Gasteiger partial charge in [-0.3, -0.25) is 4.79 Å². The van der Waals surface area contributed by atoms with Crippen LogP contribution in [0.2, 0.25) is 0 Å². The first-order chi connectivity index (χ1) is 11.2. The van der Waals surface area contributed by atoms with E-state index in [1.165, 1.54) is 6.07 Å². The number of nitrogens with one attached hydrogen (secondary N) is 1. The highest BCUT2D eigenvalue weighted by Gasteiger charge is 2.17. The first kappa shape index (κ1) is 15.5. The normalized spacial score (nSPS) is 14.1. The van der Waals surface area contributed by atoms with E-state index in [2.05, 4.69) is 5.32 Å². The van der Waals surface area contributed by atoms with Gasteiger partial charge in [-0.2, -0.15) is 0 Å². The average Bonchev–Trinajstić information content (AvgIpc) is 3.09. The first-order valence-electron chi connectivity index (χ1n) is 7.73. The highest BCUT2D eigenvalue weighted by Crippen LogP contribution is 2.24. The molecular formula is C18H19FN2O2. The van der Waals surface area contributed by atoms with Gasteiger partial charge in [0.05, 0.1) is 12.3 Å². The van der Waals surface area contributed by atoms with Gasteiger partial charge in [0.15, 0.2) is 0 Å². The van der Waals surface area contributed by atoms with Gasteiger partial charge in [0.25, 0.3) is 5.91 Å². The van der Waals surface area contributed by atoms with E-state index < -0.39 is 0 Å². The SMILES string of the molecule is O=C(Nc1cccc(CO)c1)c1ccc(N2CCCC2)c(F)c1. The third kappa shape index (κ3) is 3.51. The minimum atomic E-state index is -0.372. The summed E-state index contributed by atoms with van der Waals surface area (Å²) in [5, 5.41) is 11.8. The van der Waals surface area contributed by atoms with Crippen LogP contribution in [0.25, 0.3) is 0 Å². The summed E-state index contributed by atoms with van der Waals surface area (Å²) < 4.78 is 14.3. The molecule has 2 N–H and O–H groups in total. The van der Waals surface area contributed by atoms with Crippen molar-refractivity contribution in [3.8, 4) is 0 Å². The van der Waals surface area contributed by atoms with E-state index >= 15 is 0 Å². The highest BCUT2D eigenvalue weighted by atomic mass is 19.1. The third-order valence-corrected chi connectivity index (χ3v) is 4.02. The van der Waals surface area contributed by atoms with Crippen LogP contribution in [0, 0.1) is 5.82 Å². The maximum atomic E-state index is 14.3. The summed E-state index contributed by atoms with van der Waals surface area (Å²) in [5.41, 5.74) is 2.12. The zero-order valence-electron chi connectivity index (χ0n) is 12.8. The van der Waals surface area contributed by atoms with Crippen LogP contribution in [0.4, 0.5) is 15.8 Å². The van der Waals surface area contributed by atoms with Crippen LogP contribution in [0.15, 0.2) is 42.5 Å². The van der Waals surface area contributed by atoms with E-state index in [1.807, 2.05) is 4.90 Å².